The molecule has 1 atom stereocenters. The molecule has 0 fully saturated rings. The predicted octanol–water partition coefficient (Wildman–Crippen LogP) is -0.657. The van der Waals surface area contributed by atoms with Gasteiger partial charge in [-0.25, -0.2) is 0 Å². The van der Waals surface area contributed by atoms with Crippen molar-refractivity contribution in [2.75, 3.05) is 41.0 Å². The molecule has 0 aliphatic rings. The van der Waals surface area contributed by atoms with Crippen LogP contribution in [0.5, 0.6) is 0 Å². The van der Waals surface area contributed by atoms with E-state index in [1.54, 1.807) is 4.90 Å². The molecule has 0 spiro atoms. The van der Waals surface area contributed by atoms with E-state index in [1.807, 2.05) is 34.3 Å². The van der Waals surface area contributed by atoms with Crippen LogP contribution in [0.4, 0.5) is 5.69 Å². The summed E-state index contributed by atoms with van der Waals surface area (Å²) in [5.41, 5.74) is 2.95. The van der Waals surface area contributed by atoms with Gasteiger partial charge in [-0.1, -0.05) is 0 Å². The van der Waals surface area contributed by atoms with Crippen molar-refractivity contribution in [1.82, 2.24) is 0 Å². The van der Waals surface area contributed by atoms with Gasteiger partial charge in [0.05, 0.1) is 0 Å². The summed E-state index contributed by atoms with van der Waals surface area (Å²) in [6, 6.07) is 7.71. The quantitative estimate of drug-likeness (QED) is 0.0659. The van der Waals surface area contributed by atoms with E-state index in [0.717, 1.165) is 35.5 Å². The number of hydrogen-bond donors (Lipinski definition) is 0. The van der Waals surface area contributed by atoms with Crippen molar-refractivity contribution in [1.29, 1.82) is 0 Å². The Balaban J connectivity index is 2.63. The fraction of sp³-hybridized carbons (Fsp3) is 0.538. The average molecular weight is 536 g/mol. The normalized spacial score (nSPS) is 12.9. The molecule has 0 radical (unpaired) electrons. The number of rotatable bonds is 16. The monoisotopic (exact) mass is 536 g/mol. The molecular weight excluding hydrogens is 517 g/mol. The molecule has 1 rings (SSSR count). The Kier molecular flexibility index (Phi) is 14.3. The molecule has 1 aromatic carbocycles. The summed E-state index contributed by atoms with van der Waals surface area (Å²) in [5, 5.41) is 26.1. The van der Waals surface area contributed by atoms with Crippen molar-refractivity contribution in [2.45, 2.75) is 5.71 Å². The molecule has 0 amide bonds. The Labute approximate surface area is 180 Å². The Morgan fingerprint density at radius 2 is 1.61 bits per heavy atom. The van der Waals surface area contributed by atoms with Crippen LogP contribution in [0.3, 0.4) is 0 Å². The standard InChI is InChI=1S/C13H22AsNO9S4/c1-14(25-9-10-27-24-22-17)12-2-4-13(5-3-12)15(6-8-26-23-21-16)7-11-28(18,19)20/h2-5,16-17H,6-11H2,1H3,(H,18,19,20)/p-3. The molecule has 0 bridgehead atoms. The van der Waals surface area contributed by atoms with E-state index in [9.17, 15) is 23.5 Å². The summed E-state index contributed by atoms with van der Waals surface area (Å²) in [4.78, 5) is 1.73. The van der Waals surface area contributed by atoms with Crippen molar-refractivity contribution in [2.24, 2.45) is 0 Å². The van der Waals surface area contributed by atoms with Gasteiger partial charge >= 0.3 is 181 Å². The third kappa shape index (κ3) is 12.1. The van der Waals surface area contributed by atoms with Crippen LogP contribution in [0.2, 0.25) is 5.71 Å². The topological polar surface area (TPSA) is 143 Å². The molecule has 0 heterocycles. The molecule has 1 aromatic rings. The second-order valence-corrected chi connectivity index (χ2v) is 16.4. The summed E-state index contributed by atoms with van der Waals surface area (Å²) in [5.74, 6) is 1.27. The number of anilines is 1. The first-order valence-corrected chi connectivity index (χ1v) is 17.1. The van der Waals surface area contributed by atoms with E-state index >= 15 is 0 Å². The number of nitrogens with zero attached hydrogens (tertiary/aromatic N) is 1. The van der Waals surface area contributed by atoms with Crippen LogP contribution in [0, 0.1) is 0 Å². The first-order chi connectivity index (χ1) is 13.4. The molecule has 0 aliphatic carbocycles. The van der Waals surface area contributed by atoms with Crippen LogP contribution in [-0.2, 0) is 28.9 Å². The summed E-state index contributed by atoms with van der Waals surface area (Å²) in [6.45, 7) is 0.398. The number of benzene rings is 1. The minimum atomic E-state index is -4.34. The maximum atomic E-state index is 10.9. The molecule has 10 nitrogen and oxygen atoms in total. The Hall–Kier alpha value is 0.298. The molecule has 1 unspecified atom stereocenters. The van der Waals surface area contributed by atoms with E-state index in [-0.39, 0.29) is 6.54 Å². The predicted molar refractivity (Wildman–Crippen MR) is 106 cm³/mol. The van der Waals surface area contributed by atoms with Gasteiger partial charge in [-0.2, -0.15) is 0 Å². The van der Waals surface area contributed by atoms with Gasteiger partial charge < -0.3 is 0 Å². The van der Waals surface area contributed by atoms with Crippen molar-refractivity contribution in [3.05, 3.63) is 24.3 Å². The first kappa shape index (κ1) is 26.3. The fourth-order valence-electron chi connectivity index (χ4n) is 2.00. The third-order valence-electron chi connectivity index (χ3n) is 3.24. The van der Waals surface area contributed by atoms with Crippen molar-refractivity contribution in [3.63, 3.8) is 0 Å². The SMILES string of the molecule is C[As](SCCSOO[O-])c1ccc(N(CCSOO[O-])CCS(=O)(=O)[O-])cc1. The molecule has 0 N–H and O–H groups in total. The minimum absolute atomic E-state index is 0.0330. The Bertz CT molecular complexity index is 637. The number of hydrogen-bond acceptors (Lipinski definition) is 13. The molecule has 15 heteroatoms. The maximum absolute atomic E-state index is 10.9. The molecule has 162 valence electrons. The Morgan fingerprint density at radius 3 is 2.18 bits per heavy atom. The molecule has 0 saturated heterocycles. The Morgan fingerprint density at radius 1 is 1.00 bits per heavy atom. The van der Waals surface area contributed by atoms with Crippen LogP contribution in [0.25, 0.3) is 0 Å². The fourth-order valence-corrected chi connectivity index (χ4v) is 9.85. The molecule has 0 aromatic heterocycles. The van der Waals surface area contributed by atoms with Gasteiger partial charge in [-0.3, -0.25) is 0 Å². The summed E-state index contributed by atoms with van der Waals surface area (Å²) in [7, 11) is -2.53. The third-order valence-corrected chi connectivity index (χ3v) is 12.8. The second kappa shape index (κ2) is 15.2. The molecule has 0 aliphatic heterocycles. The van der Waals surface area contributed by atoms with Crippen molar-refractivity contribution < 1.29 is 42.2 Å². The van der Waals surface area contributed by atoms with Crippen molar-refractivity contribution >= 4 is 67.8 Å². The van der Waals surface area contributed by atoms with Crippen molar-refractivity contribution in [3.8, 4) is 0 Å². The van der Waals surface area contributed by atoms with E-state index in [2.05, 4.69) is 24.5 Å². The molecular formula is C13H19AsNO9S4-3. The zero-order valence-electron chi connectivity index (χ0n) is 14.8. The van der Waals surface area contributed by atoms with Gasteiger partial charge in [-0.05, 0) is 0 Å². The van der Waals surface area contributed by atoms with Gasteiger partial charge in [0.1, 0.15) is 0 Å². The summed E-state index contributed by atoms with van der Waals surface area (Å²) >= 11 is 0.430. The van der Waals surface area contributed by atoms with Gasteiger partial charge in [0, 0.05) is 0 Å². The second-order valence-electron chi connectivity index (χ2n) is 5.01. The zero-order valence-corrected chi connectivity index (χ0v) is 19.9. The van der Waals surface area contributed by atoms with Gasteiger partial charge in [0.2, 0.25) is 0 Å². The van der Waals surface area contributed by atoms with Gasteiger partial charge in [-0.15, -0.1) is 0 Å². The van der Waals surface area contributed by atoms with Gasteiger partial charge in [0.25, 0.3) is 0 Å². The van der Waals surface area contributed by atoms with E-state index in [4.69, 9.17) is 0 Å². The van der Waals surface area contributed by atoms with E-state index in [1.165, 1.54) is 4.35 Å². The van der Waals surface area contributed by atoms with E-state index in [0.29, 0.717) is 18.1 Å². The van der Waals surface area contributed by atoms with Crippen LogP contribution >= 0.6 is 34.1 Å². The van der Waals surface area contributed by atoms with Crippen LogP contribution in [-0.4, -0.2) is 62.6 Å². The molecule has 28 heavy (non-hydrogen) atoms. The molecule has 0 saturated carbocycles. The van der Waals surface area contributed by atoms with Crippen LogP contribution < -0.4 is 19.8 Å². The van der Waals surface area contributed by atoms with Crippen LogP contribution in [0.15, 0.2) is 24.3 Å². The van der Waals surface area contributed by atoms with Gasteiger partial charge in [0.15, 0.2) is 0 Å². The van der Waals surface area contributed by atoms with E-state index < -0.39 is 29.4 Å². The van der Waals surface area contributed by atoms with Crippen LogP contribution in [0.1, 0.15) is 0 Å². The summed E-state index contributed by atoms with van der Waals surface area (Å²) < 4.78 is 42.5. The zero-order chi connectivity index (χ0) is 20.8. The summed E-state index contributed by atoms with van der Waals surface area (Å²) in [6.07, 6.45) is 0. The first-order valence-electron chi connectivity index (χ1n) is 7.69. The average Bonchev–Trinajstić information content (AvgIpc) is 2.66.